The second kappa shape index (κ2) is 9.22. The summed E-state index contributed by atoms with van der Waals surface area (Å²) in [5.41, 5.74) is 0.397. The average Bonchev–Trinajstić information content (AvgIpc) is 2.91. The maximum absolute atomic E-state index is 13.0. The lowest BCUT2D eigenvalue weighted by molar-refractivity contribution is -0.132. The molecule has 0 aromatic heterocycles. The van der Waals surface area contributed by atoms with Crippen LogP contribution in [0.3, 0.4) is 0 Å². The Balaban J connectivity index is 2.08. The van der Waals surface area contributed by atoms with Gasteiger partial charge in [-0.25, -0.2) is 0 Å². The number of hydrogen-bond acceptors (Lipinski definition) is 5. The Bertz CT molecular complexity index is 652. The summed E-state index contributed by atoms with van der Waals surface area (Å²) in [6.45, 7) is 3.52. The Kier molecular flexibility index (Phi) is 7.00. The molecule has 1 saturated heterocycles. The van der Waals surface area contributed by atoms with Crippen molar-refractivity contribution in [1.29, 1.82) is 0 Å². The summed E-state index contributed by atoms with van der Waals surface area (Å²) >= 11 is 0. The number of nitrogens with zero attached hydrogens (tertiary/aromatic N) is 2. The molecule has 0 N–H and O–H groups in total. The van der Waals surface area contributed by atoms with E-state index in [2.05, 4.69) is 0 Å². The normalized spacial score (nSPS) is 14.6. The zero-order valence-corrected chi connectivity index (χ0v) is 15.6. The molecular formula is C19H26N2O5. The summed E-state index contributed by atoms with van der Waals surface area (Å²) in [4.78, 5) is 39.8. The molecule has 0 aliphatic carbocycles. The third-order valence-corrected chi connectivity index (χ3v) is 4.47. The predicted molar refractivity (Wildman–Crippen MR) is 96.6 cm³/mol. The van der Waals surface area contributed by atoms with Gasteiger partial charge in [-0.05, 0) is 25.5 Å². The van der Waals surface area contributed by atoms with Crippen LogP contribution in [-0.2, 0) is 9.59 Å². The molecular weight excluding hydrogens is 336 g/mol. The molecule has 0 spiro atoms. The van der Waals surface area contributed by atoms with Crippen molar-refractivity contribution in [2.24, 2.45) is 0 Å². The van der Waals surface area contributed by atoms with Crippen LogP contribution in [0.15, 0.2) is 18.2 Å². The van der Waals surface area contributed by atoms with Gasteiger partial charge in [-0.2, -0.15) is 0 Å². The minimum Gasteiger partial charge on any atom is -0.496 e. The fourth-order valence-electron chi connectivity index (χ4n) is 3.03. The smallest absolute Gasteiger partial charge is 0.261 e. The highest BCUT2D eigenvalue weighted by Gasteiger charge is 2.27. The first-order valence-electron chi connectivity index (χ1n) is 8.75. The third kappa shape index (κ3) is 4.74. The Morgan fingerprint density at radius 1 is 0.923 bits per heavy atom. The van der Waals surface area contributed by atoms with Crippen molar-refractivity contribution in [3.05, 3.63) is 23.8 Å². The number of amides is 2. The highest BCUT2D eigenvalue weighted by molar-refractivity contribution is 5.99. The lowest BCUT2D eigenvalue weighted by Crippen LogP contribution is -2.37. The van der Waals surface area contributed by atoms with E-state index >= 15 is 0 Å². The van der Waals surface area contributed by atoms with Crippen LogP contribution in [0.25, 0.3) is 0 Å². The average molecular weight is 362 g/mol. The van der Waals surface area contributed by atoms with Crippen LogP contribution >= 0.6 is 0 Å². The fourth-order valence-corrected chi connectivity index (χ4v) is 3.03. The number of benzene rings is 1. The predicted octanol–water partition coefficient (Wildman–Crippen LogP) is 1.75. The molecule has 1 aromatic carbocycles. The second-order valence-corrected chi connectivity index (χ2v) is 6.27. The van der Waals surface area contributed by atoms with Crippen LogP contribution in [0.1, 0.15) is 36.5 Å². The fraction of sp³-hybridized carbons (Fsp3) is 0.526. The Hall–Kier alpha value is -2.57. The van der Waals surface area contributed by atoms with Crippen molar-refractivity contribution in [2.75, 3.05) is 40.4 Å². The van der Waals surface area contributed by atoms with Gasteiger partial charge < -0.3 is 24.1 Å². The van der Waals surface area contributed by atoms with E-state index in [0.29, 0.717) is 49.7 Å². The van der Waals surface area contributed by atoms with Gasteiger partial charge >= 0.3 is 0 Å². The minimum atomic E-state index is -0.169. The maximum atomic E-state index is 13.0. The number of carbonyl (C=O) groups excluding carboxylic acids is 3. The van der Waals surface area contributed by atoms with Crippen molar-refractivity contribution in [3.8, 4) is 11.5 Å². The van der Waals surface area contributed by atoms with E-state index < -0.39 is 0 Å². The molecule has 1 aromatic rings. The van der Waals surface area contributed by atoms with Crippen LogP contribution < -0.4 is 9.47 Å². The van der Waals surface area contributed by atoms with Gasteiger partial charge in [0.15, 0.2) is 0 Å². The van der Waals surface area contributed by atoms with E-state index in [4.69, 9.17) is 9.47 Å². The van der Waals surface area contributed by atoms with Crippen molar-refractivity contribution in [3.63, 3.8) is 0 Å². The zero-order valence-electron chi connectivity index (χ0n) is 15.6. The Labute approximate surface area is 153 Å². The molecule has 1 heterocycles. The summed E-state index contributed by atoms with van der Waals surface area (Å²) in [6.07, 6.45) is 1.18. The standard InChI is InChI=1S/C19H26N2O5/c1-14(22)8-9-17(23)20-10-5-11-21(13-12-20)19(24)18-15(25-2)6-4-7-16(18)26-3/h4,6-7H,5,8-13H2,1-3H3. The SMILES string of the molecule is COc1cccc(OC)c1C(=O)N1CCCN(C(=O)CCC(C)=O)CC1. The molecule has 1 aliphatic rings. The molecule has 7 heteroatoms. The molecule has 26 heavy (non-hydrogen) atoms. The number of ether oxygens (including phenoxy) is 2. The van der Waals surface area contributed by atoms with E-state index in [1.165, 1.54) is 21.1 Å². The topological polar surface area (TPSA) is 76.2 Å². The molecule has 0 unspecified atom stereocenters. The molecule has 0 saturated carbocycles. The molecule has 142 valence electrons. The molecule has 2 amide bonds. The van der Waals surface area contributed by atoms with E-state index in [0.717, 1.165) is 0 Å². The van der Waals surface area contributed by atoms with Crippen LogP contribution in [0.5, 0.6) is 11.5 Å². The summed E-state index contributed by atoms with van der Waals surface area (Å²) in [6, 6.07) is 5.22. The van der Waals surface area contributed by atoms with E-state index in [-0.39, 0.29) is 30.4 Å². The molecule has 7 nitrogen and oxygen atoms in total. The van der Waals surface area contributed by atoms with Gasteiger partial charge in [0.05, 0.1) is 14.2 Å². The number of Topliss-reactive ketones (excluding diaryl/α,β-unsaturated/α-hetero) is 1. The van der Waals surface area contributed by atoms with Gasteiger partial charge in [0, 0.05) is 39.0 Å². The van der Waals surface area contributed by atoms with Crippen molar-refractivity contribution < 1.29 is 23.9 Å². The molecule has 1 aliphatic heterocycles. The highest BCUT2D eigenvalue weighted by atomic mass is 16.5. The van der Waals surface area contributed by atoms with Crippen molar-refractivity contribution >= 4 is 17.6 Å². The maximum Gasteiger partial charge on any atom is 0.261 e. The van der Waals surface area contributed by atoms with Crippen LogP contribution in [0.2, 0.25) is 0 Å². The van der Waals surface area contributed by atoms with Crippen LogP contribution in [0.4, 0.5) is 0 Å². The van der Waals surface area contributed by atoms with E-state index in [1.54, 1.807) is 28.0 Å². The number of ketones is 1. The zero-order chi connectivity index (χ0) is 19.1. The number of carbonyl (C=O) groups is 3. The minimum absolute atomic E-state index is 0.00763. The molecule has 0 atom stereocenters. The van der Waals surface area contributed by atoms with Gasteiger partial charge in [0.2, 0.25) is 5.91 Å². The first-order valence-corrected chi connectivity index (χ1v) is 8.75. The van der Waals surface area contributed by atoms with Crippen LogP contribution in [0, 0.1) is 0 Å². The van der Waals surface area contributed by atoms with Gasteiger partial charge in [-0.15, -0.1) is 0 Å². The van der Waals surface area contributed by atoms with Gasteiger partial charge in [-0.3, -0.25) is 9.59 Å². The number of rotatable bonds is 6. The van der Waals surface area contributed by atoms with Gasteiger partial charge in [-0.1, -0.05) is 6.07 Å². The van der Waals surface area contributed by atoms with Gasteiger partial charge in [0.1, 0.15) is 22.8 Å². The summed E-state index contributed by atoms with van der Waals surface area (Å²) in [7, 11) is 3.03. The van der Waals surface area contributed by atoms with Gasteiger partial charge in [0.25, 0.3) is 5.91 Å². The molecule has 1 fully saturated rings. The van der Waals surface area contributed by atoms with Crippen LogP contribution in [-0.4, -0.2) is 67.8 Å². The summed E-state index contributed by atoms with van der Waals surface area (Å²) in [5, 5.41) is 0. The Morgan fingerprint density at radius 2 is 1.50 bits per heavy atom. The second-order valence-electron chi connectivity index (χ2n) is 6.27. The monoisotopic (exact) mass is 362 g/mol. The highest BCUT2D eigenvalue weighted by Crippen LogP contribution is 2.29. The lowest BCUT2D eigenvalue weighted by atomic mass is 10.1. The largest absolute Gasteiger partial charge is 0.496 e. The molecule has 2 rings (SSSR count). The lowest BCUT2D eigenvalue weighted by Gasteiger charge is -2.23. The first kappa shape index (κ1) is 19.8. The third-order valence-electron chi connectivity index (χ3n) is 4.47. The Morgan fingerprint density at radius 3 is 2.08 bits per heavy atom. The number of methoxy groups -OCH3 is 2. The molecule has 0 radical (unpaired) electrons. The summed E-state index contributed by atoms with van der Waals surface area (Å²) in [5.74, 6) is 0.732. The number of hydrogen-bond donors (Lipinski definition) is 0. The van der Waals surface area contributed by atoms with E-state index in [1.807, 2.05) is 0 Å². The van der Waals surface area contributed by atoms with E-state index in [9.17, 15) is 14.4 Å². The quantitative estimate of drug-likeness (QED) is 0.771. The molecule has 0 bridgehead atoms. The van der Waals surface area contributed by atoms with Crippen molar-refractivity contribution in [1.82, 2.24) is 9.80 Å². The summed E-state index contributed by atoms with van der Waals surface area (Å²) < 4.78 is 10.6. The first-order chi connectivity index (χ1) is 12.5. The van der Waals surface area contributed by atoms with Crippen molar-refractivity contribution in [2.45, 2.75) is 26.2 Å².